The molecule has 21 heavy (non-hydrogen) atoms. The van der Waals surface area contributed by atoms with Crippen molar-refractivity contribution in [1.82, 2.24) is 4.90 Å². The van der Waals surface area contributed by atoms with Gasteiger partial charge in [-0.3, -0.25) is 9.69 Å². The number of nitrogens with zero attached hydrogens (tertiary/aromatic N) is 1. The molecule has 0 amide bonds. The Kier molecular flexibility index (Phi) is 4.71. The van der Waals surface area contributed by atoms with Crippen molar-refractivity contribution in [2.24, 2.45) is 5.92 Å². The van der Waals surface area contributed by atoms with Crippen LogP contribution in [0.2, 0.25) is 0 Å². The molecule has 0 aromatic heterocycles. The van der Waals surface area contributed by atoms with Gasteiger partial charge >= 0.3 is 6.18 Å². The Balaban J connectivity index is 1.93. The van der Waals surface area contributed by atoms with Crippen molar-refractivity contribution in [3.8, 4) is 0 Å². The Morgan fingerprint density at radius 2 is 1.86 bits per heavy atom. The van der Waals surface area contributed by atoms with Crippen LogP contribution in [0.15, 0.2) is 18.2 Å². The second kappa shape index (κ2) is 6.18. The van der Waals surface area contributed by atoms with Crippen LogP contribution in [0.5, 0.6) is 0 Å². The summed E-state index contributed by atoms with van der Waals surface area (Å²) in [5.74, 6) is -1.23. The van der Waals surface area contributed by atoms with Crippen LogP contribution in [-0.4, -0.2) is 36.5 Å². The highest BCUT2D eigenvalue weighted by Gasteiger charge is 2.41. The molecular weight excluding hydrogens is 279 g/mol. The standard InChI is InChI=1S/C16H20F3NO/c1-11-3-4-14(12(2)9-11)15(21)10-20-7-5-13(6-8-20)16(17,18)19/h3-4,9,13H,5-8,10H2,1-2H3. The van der Waals surface area contributed by atoms with Gasteiger partial charge in [0.25, 0.3) is 0 Å². The van der Waals surface area contributed by atoms with E-state index in [1.165, 1.54) is 0 Å². The minimum atomic E-state index is -4.11. The summed E-state index contributed by atoms with van der Waals surface area (Å²) >= 11 is 0. The van der Waals surface area contributed by atoms with Crippen LogP contribution in [-0.2, 0) is 0 Å². The number of carbonyl (C=O) groups is 1. The van der Waals surface area contributed by atoms with Crippen molar-refractivity contribution >= 4 is 5.78 Å². The summed E-state index contributed by atoms with van der Waals surface area (Å²) in [7, 11) is 0. The van der Waals surface area contributed by atoms with Crippen LogP contribution < -0.4 is 0 Å². The fraction of sp³-hybridized carbons (Fsp3) is 0.562. The Labute approximate surface area is 122 Å². The van der Waals surface area contributed by atoms with E-state index in [4.69, 9.17) is 0 Å². The van der Waals surface area contributed by atoms with Crippen molar-refractivity contribution in [1.29, 1.82) is 0 Å². The summed E-state index contributed by atoms with van der Waals surface area (Å²) in [4.78, 5) is 14.1. The van der Waals surface area contributed by atoms with E-state index in [1.807, 2.05) is 30.9 Å². The molecule has 116 valence electrons. The van der Waals surface area contributed by atoms with Gasteiger partial charge in [-0.2, -0.15) is 13.2 Å². The number of alkyl halides is 3. The van der Waals surface area contributed by atoms with Gasteiger partial charge in [-0.25, -0.2) is 0 Å². The van der Waals surface area contributed by atoms with Crippen molar-refractivity contribution in [2.75, 3.05) is 19.6 Å². The summed E-state index contributed by atoms with van der Waals surface area (Å²) in [5, 5.41) is 0. The molecule has 0 spiro atoms. The van der Waals surface area contributed by atoms with Crippen molar-refractivity contribution in [2.45, 2.75) is 32.9 Å². The molecule has 1 aromatic carbocycles. The number of Topliss-reactive ketones (excluding diaryl/α,β-unsaturated/α-hetero) is 1. The fourth-order valence-electron chi connectivity index (χ4n) is 2.83. The van der Waals surface area contributed by atoms with E-state index >= 15 is 0 Å². The smallest absolute Gasteiger partial charge is 0.296 e. The quantitative estimate of drug-likeness (QED) is 0.792. The number of benzene rings is 1. The van der Waals surface area contributed by atoms with Crippen molar-refractivity contribution in [3.05, 3.63) is 34.9 Å². The number of rotatable bonds is 3. The summed E-state index contributed by atoms with van der Waals surface area (Å²) < 4.78 is 37.8. The Morgan fingerprint density at radius 3 is 2.38 bits per heavy atom. The third-order valence-electron chi connectivity index (χ3n) is 4.10. The molecule has 0 saturated carbocycles. The number of hydrogen-bond acceptors (Lipinski definition) is 2. The van der Waals surface area contributed by atoms with Crippen LogP contribution in [0.4, 0.5) is 13.2 Å². The van der Waals surface area contributed by atoms with Gasteiger partial charge in [0.15, 0.2) is 5.78 Å². The van der Waals surface area contributed by atoms with Crippen molar-refractivity contribution < 1.29 is 18.0 Å². The highest BCUT2D eigenvalue weighted by molar-refractivity contribution is 5.98. The van der Waals surface area contributed by atoms with Gasteiger partial charge in [0.2, 0.25) is 0 Å². The predicted octanol–water partition coefficient (Wildman–Crippen LogP) is 3.76. The lowest BCUT2D eigenvalue weighted by Gasteiger charge is -2.32. The SMILES string of the molecule is Cc1ccc(C(=O)CN2CCC(C(F)(F)F)CC2)c(C)c1. The average Bonchev–Trinajstić information content (AvgIpc) is 2.38. The Bertz CT molecular complexity index is 517. The van der Waals surface area contributed by atoms with E-state index < -0.39 is 12.1 Å². The fourth-order valence-corrected chi connectivity index (χ4v) is 2.83. The van der Waals surface area contributed by atoms with Crippen LogP contribution in [0.1, 0.15) is 34.3 Å². The molecule has 1 heterocycles. The number of likely N-dealkylation sites (tertiary alicyclic amines) is 1. The third kappa shape index (κ3) is 4.06. The first kappa shape index (κ1) is 16.0. The molecule has 0 bridgehead atoms. The van der Waals surface area contributed by atoms with E-state index in [1.54, 1.807) is 6.07 Å². The van der Waals surface area contributed by atoms with E-state index in [0.29, 0.717) is 18.7 Å². The number of aryl methyl sites for hydroxylation is 2. The second-order valence-electron chi connectivity index (χ2n) is 5.83. The van der Waals surface area contributed by atoms with Gasteiger partial charge in [-0.15, -0.1) is 0 Å². The molecule has 1 aromatic rings. The van der Waals surface area contributed by atoms with Crippen LogP contribution >= 0.6 is 0 Å². The van der Waals surface area contributed by atoms with Gasteiger partial charge < -0.3 is 0 Å². The molecule has 0 unspecified atom stereocenters. The first-order valence-corrected chi connectivity index (χ1v) is 7.17. The molecule has 1 saturated heterocycles. The van der Waals surface area contributed by atoms with Crippen molar-refractivity contribution in [3.63, 3.8) is 0 Å². The van der Waals surface area contributed by atoms with Gasteiger partial charge in [-0.1, -0.05) is 23.8 Å². The number of piperidine rings is 1. The maximum absolute atomic E-state index is 12.6. The molecule has 0 atom stereocenters. The highest BCUT2D eigenvalue weighted by atomic mass is 19.4. The Hall–Kier alpha value is -1.36. The zero-order chi connectivity index (χ0) is 15.6. The van der Waals surface area contributed by atoms with Gasteiger partial charge in [0, 0.05) is 5.56 Å². The number of halogens is 3. The summed E-state index contributed by atoms with van der Waals surface area (Å²) in [6.07, 6.45) is -3.93. The maximum Gasteiger partial charge on any atom is 0.391 e. The molecule has 1 aliphatic heterocycles. The third-order valence-corrected chi connectivity index (χ3v) is 4.10. The van der Waals surface area contributed by atoms with E-state index in [-0.39, 0.29) is 25.2 Å². The normalized spacial score (nSPS) is 18.0. The van der Waals surface area contributed by atoms with E-state index in [0.717, 1.165) is 11.1 Å². The average molecular weight is 299 g/mol. The molecule has 1 fully saturated rings. The zero-order valence-electron chi connectivity index (χ0n) is 12.3. The molecule has 0 aliphatic carbocycles. The molecule has 2 rings (SSSR count). The van der Waals surface area contributed by atoms with Gasteiger partial charge in [0.1, 0.15) is 0 Å². The lowest BCUT2D eigenvalue weighted by Crippen LogP contribution is -2.41. The molecule has 1 aliphatic rings. The number of hydrogen-bond donors (Lipinski definition) is 0. The van der Waals surface area contributed by atoms with Crippen LogP contribution in [0, 0.1) is 19.8 Å². The number of ketones is 1. The van der Waals surface area contributed by atoms with Crippen LogP contribution in [0.3, 0.4) is 0 Å². The lowest BCUT2D eigenvalue weighted by molar-refractivity contribution is -0.184. The largest absolute Gasteiger partial charge is 0.391 e. The lowest BCUT2D eigenvalue weighted by atomic mass is 9.95. The number of carbonyl (C=O) groups excluding carboxylic acids is 1. The summed E-state index contributed by atoms with van der Waals surface area (Å²) in [5.41, 5.74) is 2.68. The summed E-state index contributed by atoms with van der Waals surface area (Å²) in [6, 6.07) is 5.63. The van der Waals surface area contributed by atoms with E-state index in [9.17, 15) is 18.0 Å². The minimum Gasteiger partial charge on any atom is -0.296 e. The predicted molar refractivity (Wildman–Crippen MR) is 75.5 cm³/mol. The molecule has 2 nitrogen and oxygen atoms in total. The first-order valence-electron chi connectivity index (χ1n) is 7.17. The second-order valence-corrected chi connectivity index (χ2v) is 5.83. The van der Waals surface area contributed by atoms with Gasteiger partial charge in [0.05, 0.1) is 12.5 Å². The molecular formula is C16H20F3NO. The molecule has 5 heteroatoms. The maximum atomic E-state index is 12.6. The summed E-state index contributed by atoms with van der Waals surface area (Å²) in [6.45, 7) is 4.72. The first-order chi connectivity index (χ1) is 9.77. The van der Waals surface area contributed by atoms with Gasteiger partial charge in [-0.05, 0) is 45.3 Å². The zero-order valence-corrected chi connectivity index (χ0v) is 12.3. The monoisotopic (exact) mass is 299 g/mol. The van der Waals surface area contributed by atoms with E-state index in [2.05, 4.69) is 0 Å². The minimum absolute atomic E-state index is 0.0158. The molecule has 0 N–H and O–H groups in total. The highest BCUT2D eigenvalue weighted by Crippen LogP contribution is 2.34. The Morgan fingerprint density at radius 1 is 1.24 bits per heavy atom. The van der Waals surface area contributed by atoms with Crippen LogP contribution in [0.25, 0.3) is 0 Å². The molecule has 0 radical (unpaired) electrons. The topological polar surface area (TPSA) is 20.3 Å².